The SMILES string of the molecule is C=C[C@@H]1C[C@]1(CC(=O)[C@@H]1C[C@@H](Oc2nc3cncnc3n2C(C)C)CN1)C(=O)NS(=O)(=O)C1(C)CC1.C=C[C@@H]1C[C@]1(CC(=O)[C@@H]1C[C@@H](Oc2nc3cncnc3n2C(C)C)CN1C(=O)OC(C)(C)C)C(=O)NS(=O)(=O)C1(C)CC1.CC(C)(C)OC(=O)N1C[C@H](O)C[C@H]1C(=O)O.CC(C)n1c(Cl)nc2cncnc21.CC(C)n1c(O[C@@H]2C[C@@H](C(=O)O)N(C(=O)OC(C)(C)C)C2)nc2cncnc21. The molecular formula is C89H123ClN22O22S2. The quantitative estimate of drug-likeness (QED) is 0.0167. The number of hydrogen-bond acceptors (Lipinski definition) is 33. The topological polar surface area (TPSA) is 558 Å². The molecule has 8 fully saturated rings. The van der Waals surface area contributed by atoms with Crippen molar-refractivity contribution in [3.05, 3.63) is 80.7 Å². The van der Waals surface area contributed by atoms with E-state index in [1.807, 2.05) is 73.7 Å². The summed E-state index contributed by atoms with van der Waals surface area (Å²) in [6, 6.07) is -2.14. The third-order valence-electron chi connectivity index (χ3n) is 24.7. The summed E-state index contributed by atoms with van der Waals surface area (Å²) in [5.41, 5.74) is 0.685. The number of sulfonamides is 2. The van der Waals surface area contributed by atoms with Crippen molar-refractivity contribution in [1.29, 1.82) is 0 Å². The summed E-state index contributed by atoms with van der Waals surface area (Å²) in [6.45, 7) is 42.8. The van der Waals surface area contributed by atoms with Gasteiger partial charge in [0, 0.05) is 69.2 Å². The van der Waals surface area contributed by atoms with E-state index in [0.29, 0.717) is 102 Å². The lowest BCUT2D eigenvalue weighted by Crippen LogP contribution is -2.46. The largest absolute Gasteiger partial charge is 0.480 e. The first kappa shape index (κ1) is 103. The van der Waals surface area contributed by atoms with E-state index in [1.54, 1.807) is 113 Å². The number of carboxylic acid groups (broad SMARTS) is 2. The number of rotatable bonds is 26. The molecule has 16 rings (SSSR count). The van der Waals surface area contributed by atoms with Crippen molar-refractivity contribution in [2.24, 2.45) is 22.7 Å². The number of carboxylic acids is 2. The average molecular weight is 1950 g/mol. The zero-order valence-electron chi connectivity index (χ0n) is 79.9. The van der Waals surface area contributed by atoms with Crippen LogP contribution in [-0.4, -0.2) is 280 Å². The van der Waals surface area contributed by atoms with Crippen molar-refractivity contribution in [1.82, 2.24) is 108 Å². The Kier molecular flexibility index (Phi) is 30.1. The van der Waals surface area contributed by atoms with Crippen LogP contribution in [0.5, 0.6) is 18.0 Å². The summed E-state index contributed by atoms with van der Waals surface area (Å²) in [6.07, 6.45) is 14.3. The van der Waals surface area contributed by atoms with Crippen LogP contribution in [0.4, 0.5) is 14.4 Å². The summed E-state index contributed by atoms with van der Waals surface area (Å²) in [5, 5.41) is 31.4. The maximum Gasteiger partial charge on any atom is 0.411 e. The number of ketones is 2. The van der Waals surface area contributed by atoms with Gasteiger partial charge in [-0.25, -0.2) is 85.7 Å². The number of allylic oxidation sites excluding steroid dienone is 2. The highest BCUT2D eigenvalue weighted by molar-refractivity contribution is 7.92. The molecule has 4 aliphatic carbocycles. The van der Waals surface area contributed by atoms with Crippen molar-refractivity contribution in [3.63, 3.8) is 0 Å². The second-order valence-electron chi connectivity index (χ2n) is 40.2. The van der Waals surface area contributed by atoms with Crippen LogP contribution in [-0.2, 0) is 63.0 Å². The summed E-state index contributed by atoms with van der Waals surface area (Å²) in [7, 11) is -7.68. The fraction of sp³-hybridized carbons (Fsp3) is 0.629. The lowest BCUT2D eigenvalue weighted by molar-refractivity contribution is -0.142. The number of imidazole rings is 4. The van der Waals surface area contributed by atoms with Crippen LogP contribution < -0.4 is 29.0 Å². The van der Waals surface area contributed by atoms with Crippen LogP contribution in [0.3, 0.4) is 0 Å². The highest BCUT2D eigenvalue weighted by Gasteiger charge is 2.64. The molecule has 47 heteroatoms. The van der Waals surface area contributed by atoms with Gasteiger partial charge in [-0.05, 0) is 194 Å². The first-order valence-electron chi connectivity index (χ1n) is 45.1. The van der Waals surface area contributed by atoms with Crippen LogP contribution in [0.15, 0.2) is 75.4 Å². The Hall–Kier alpha value is -11.8. The van der Waals surface area contributed by atoms with Crippen molar-refractivity contribution < 1.29 is 104 Å². The fourth-order valence-corrected chi connectivity index (χ4v) is 19.7. The average Bonchev–Trinajstić information content (AvgIpc) is 1.57. The number of Topliss-reactive ketones (excluding diaryl/α,β-unsaturated/α-hetero) is 2. The maximum atomic E-state index is 13.9. The summed E-state index contributed by atoms with van der Waals surface area (Å²) < 4.78 is 95.4. The third kappa shape index (κ3) is 23.2. The maximum absolute atomic E-state index is 13.9. The number of halogens is 1. The number of aliphatic carboxylic acids is 2. The summed E-state index contributed by atoms with van der Waals surface area (Å²) in [4.78, 5) is 168. The molecule has 0 unspecified atom stereocenters. The number of nitrogens with one attached hydrogen (secondary N) is 3. The number of aliphatic hydroxyl groups is 1. The van der Waals surface area contributed by atoms with Gasteiger partial charge >= 0.3 is 30.2 Å². The molecule has 0 aromatic carbocycles. The lowest BCUT2D eigenvalue weighted by atomic mass is 9.91. The standard InChI is InChI=1S/C29H40N6O7S.C24H32N6O5S.C18H25N5O5.C10H17NO5.C8H9ClN4/c1-8-18-12-29(18,24(37)33-43(39,40)28(7)9-10-28)13-22(36)21-11-19(15-34(21)26(38)42-27(4,5)6)41-25-32-20-14-30-16-31-23(20)35(25)17(2)3;1-5-15-9-24(15,21(32)29-36(33,34)23(4)6-7-23)10-19(31)17-8-16(11-26-17)35-22-28-18-12-25-13-27-20(18)30(22)14(2)3;1-10(2)23-14-12(7-19-9-20-14)21-16(23)27-11-6-13(15(24)25)22(8-11)17(26)28-18(3,4)5;1-10(2,3)16-9(15)11-5-6(12)4-7(11)8(13)14;1-5(2)13-7-6(12-8(13)9)3-10-4-11-7/h8,14,16-19,21H,1,9-13,15H2,2-7H3,(H,33,37);5,12-17,26H,1,6-11H2,2-4H3,(H,29,32);7,9-11,13H,6,8H2,1-5H3,(H,24,25);6-7,12H,4-5H2,1-3H3,(H,13,14);3-5H,1-2H3/t18-,19-,21+,29-;15-,16-,17+,24-;11-,13+;6-,7+;/m1111./s1. The van der Waals surface area contributed by atoms with Crippen LogP contribution in [0, 0.1) is 22.7 Å². The molecule has 12 heterocycles. The molecule has 0 bridgehead atoms. The van der Waals surface area contributed by atoms with Gasteiger partial charge in [-0.3, -0.25) is 61.6 Å². The number of amides is 5. The van der Waals surface area contributed by atoms with Gasteiger partial charge in [0.1, 0.15) is 94.6 Å². The van der Waals surface area contributed by atoms with Crippen LogP contribution >= 0.6 is 11.6 Å². The predicted molar refractivity (Wildman–Crippen MR) is 493 cm³/mol. The fourth-order valence-electron chi connectivity index (χ4n) is 16.6. The summed E-state index contributed by atoms with van der Waals surface area (Å²) >= 11 is 5.95. The number of aliphatic hydroxyl groups excluding tert-OH is 1. The zero-order chi connectivity index (χ0) is 100.0. The minimum absolute atomic E-state index is 0.00583. The van der Waals surface area contributed by atoms with Gasteiger partial charge in [0.25, 0.3) is 18.0 Å². The van der Waals surface area contributed by atoms with Crippen LogP contribution in [0.2, 0.25) is 5.28 Å². The van der Waals surface area contributed by atoms with Gasteiger partial charge in [-0.15, -0.1) is 13.2 Å². The number of aromatic nitrogens is 16. The van der Waals surface area contributed by atoms with E-state index in [-0.39, 0.29) is 111 Å². The molecule has 0 spiro atoms. The molecule has 44 nitrogen and oxygen atoms in total. The number of ether oxygens (including phenoxy) is 6. The second kappa shape index (κ2) is 39.7. The molecule has 8 aromatic heterocycles. The molecule has 4 saturated carbocycles. The third-order valence-corrected chi connectivity index (χ3v) is 29.2. The monoisotopic (exact) mass is 1950 g/mol. The molecular weight excluding hydrogens is 1830 g/mol. The van der Waals surface area contributed by atoms with E-state index in [4.69, 9.17) is 45.1 Å². The van der Waals surface area contributed by atoms with Crippen LogP contribution in [0.1, 0.15) is 233 Å². The second-order valence-corrected chi connectivity index (χ2v) is 44.9. The van der Waals surface area contributed by atoms with Gasteiger partial charge in [-0.1, -0.05) is 12.2 Å². The Morgan fingerprint density at radius 3 is 1.15 bits per heavy atom. The molecule has 5 amide bonds. The number of carbonyl (C=O) groups is 9. The normalized spacial score (nSPS) is 24.1. The van der Waals surface area contributed by atoms with Gasteiger partial charge in [0.2, 0.25) is 37.1 Å². The Bertz CT molecular complexity index is 6110. The van der Waals surface area contributed by atoms with Gasteiger partial charge in [0.15, 0.2) is 34.2 Å². The molecule has 8 aromatic rings. The van der Waals surface area contributed by atoms with Gasteiger partial charge in [-0.2, -0.15) is 15.0 Å². The number of fused-ring (bicyclic) bond motifs is 4. The number of likely N-dealkylation sites (tertiary alicyclic amines) is 3. The molecule has 740 valence electrons. The Balaban J connectivity index is 0.000000162. The van der Waals surface area contributed by atoms with E-state index in [9.17, 15) is 70.2 Å². The number of carbonyl (C=O) groups excluding carboxylic acids is 7. The Morgan fingerprint density at radius 1 is 0.485 bits per heavy atom. The highest BCUT2D eigenvalue weighted by atomic mass is 35.5. The minimum Gasteiger partial charge on any atom is -0.480 e. The van der Waals surface area contributed by atoms with E-state index in [0.717, 1.165) is 16.1 Å². The molecule has 136 heavy (non-hydrogen) atoms. The highest BCUT2D eigenvalue weighted by Crippen LogP contribution is 2.59. The minimum atomic E-state index is -3.89. The van der Waals surface area contributed by atoms with E-state index < -0.39 is 142 Å². The number of β-amino-alcohol motifs (C(OH)–C–C–N with tert-alkyl or cyclic N) is 1. The van der Waals surface area contributed by atoms with Crippen molar-refractivity contribution in [2.45, 2.75) is 308 Å². The molecule has 12 atom stereocenters. The first-order valence-corrected chi connectivity index (χ1v) is 48.5. The smallest absolute Gasteiger partial charge is 0.411 e. The van der Waals surface area contributed by atoms with E-state index in [2.05, 4.69) is 87.7 Å². The molecule has 4 saturated heterocycles. The first-order chi connectivity index (χ1) is 63.5. The van der Waals surface area contributed by atoms with Crippen molar-refractivity contribution in [2.75, 3.05) is 26.2 Å². The summed E-state index contributed by atoms with van der Waals surface area (Å²) in [5.74, 6) is -4.65. The molecule has 0 radical (unpaired) electrons. The Morgan fingerprint density at radius 2 is 0.809 bits per heavy atom. The van der Waals surface area contributed by atoms with E-state index >= 15 is 0 Å². The molecule has 6 N–H and O–H groups in total. The predicted octanol–water partition coefficient (Wildman–Crippen LogP) is 9.73. The Labute approximate surface area is 792 Å². The number of hydrogen-bond donors (Lipinski definition) is 6. The molecule has 8 aliphatic rings. The zero-order valence-corrected chi connectivity index (χ0v) is 82.3. The van der Waals surface area contributed by atoms with Crippen molar-refractivity contribution >= 4 is 130 Å². The van der Waals surface area contributed by atoms with Crippen LogP contribution in [0.25, 0.3) is 44.7 Å². The van der Waals surface area contributed by atoms with Gasteiger partial charge in [0.05, 0.1) is 82.9 Å². The number of nitrogens with zero attached hydrogens (tertiary/aromatic N) is 19. The lowest BCUT2D eigenvalue weighted by Gasteiger charge is -2.28. The van der Waals surface area contributed by atoms with Crippen molar-refractivity contribution in [3.8, 4) is 18.0 Å². The molecule has 4 aliphatic heterocycles. The van der Waals surface area contributed by atoms with E-state index in [1.165, 1.54) is 35.1 Å². The van der Waals surface area contributed by atoms with Gasteiger partial charge < -0.3 is 49.1 Å².